The minimum absolute atomic E-state index is 0.0102. The van der Waals surface area contributed by atoms with Crippen molar-refractivity contribution < 1.29 is 14.6 Å². The van der Waals surface area contributed by atoms with Gasteiger partial charge in [0.25, 0.3) is 0 Å². The number of ether oxygens (including phenoxy) is 1. The maximum Gasteiger partial charge on any atom is 0.410 e. The van der Waals surface area contributed by atoms with Crippen molar-refractivity contribution in [2.75, 3.05) is 0 Å². The van der Waals surface area contributed by atoms with Gasteiger partial charge in [0.2, 0.25) is 0 Å². The van der Waals surface area contributed by atoms with Gasteiger partial charge in [0.05, 0.1) is 5.60 Å². The minimum Gasteiger partial charge on any atom is -0.445 e. The normalized spacial score (nSPS) is 25.3. The summed E-state index contributed by atoms with van der Waals surface area (Å²) < 4.78 is 5.71. The molecule has 0 spiro atoms. The van der Waals surface area contributed by atoms with E-state index in [4.69, 9.17) is 4.74 Å². The number of rotatable bonds is 5. The van der Waals surface area contributed by atoms with Crippen LogP contribution in [0.5, 0.6) is 0 Å². The Labute approximate surface area is 192 Å². The number of carbonyl (C=O) groups is 1. The predicted octanol–water partition coefficient (Wildman–Crippen LogP) is 6.47. The van der Waals surface area contributed by atoms with Gasteiger partial charge in [-0.2, -0.15) is 0 Å². The second-order valence-corrected chi connectivity index (χ2v) is 10.2. The molecule has 0 aromatic heterocycles. The Kier molecular flexibility index (Phi) is 6.62. The Morgan fingerprint density at radius 3 is 2.06 bits per heavy atom. The van der Waals surface area contributed by atoms with Gasteiger partial charge in [-0.1, -0.05) is 76.2 Å². The molecule has 2 saturated heterocycles. The van der Waals surface area contributed by atoms with E-state index in [1.54, 1.807) is 0 Å². The number of piperidine rings is 2. The third kappa shape index (κ3) is 4.43. The molecule has 2 aromatic rings. The SMILES string of the molecule is CC(C)c1cccc(C(C)C)c1C1(O)CC2CCCC(C1)N2C(=O)OCc1ccccc1. The van der Waals surface area contributed by atoms with E-state index in [2.05, 4.69) is 45.9 Å². The molecular formula is C28H37NO3. The highest BCUT2D eigenvalue weighted by molar-refractivity contribution is 5.69. The van der Waals surface area contributed by atoms with Crippen molar-refractivity contribution >= 4 is 6.09 Å². The van der Waals surface area contributed by atoms with E-state index in [0.717, 1.165) is 30.4 Å². The van der Waals surface area contributed by atoms with E-state index in [1.165, 1.54) is 11.1 Å². The summed E-state index contributed by atoms with van der Waals surface area (Å²) in [6.45, 7) is 9.08. The van der Waals surface area contributed by atoms with Crippen LogP contribution < -0.4 is 0 Å². The topological polar surface area (TPSA) is 49.8 Å². The van der Waals surface area contributed by atoms with Crippen molar-refractivity contribution in [1.29, 1.82) is 0 Å². The van der Waals surface area contributed by atoms with Crippen LogP contribution in [-0.4, -0.2) is 28.2 Å². The van der Waals surface area contributed by atoms with Gasteiger partial charge in [0.1, 0.15) is 6.61 Å². The number of hydrogen-bond donors (Lipinski definition) is 1. The van der Waals surface area contributed by atoms with Gasteiger partial charge in [-0.15, -0.1) is 0 Å². The summed E-state index contributed by atoms with van der Waals surface area (Å²) in [6.07, 6.45) is 3.84. The molecule has 2 bridgehead atoms. The second kappa shape index (κ2) is 9.27. The molecule has 0 aliphatic carbocycles. The first-order valence-corrected chi connectivity index (χ1v) is 12.1. The van der Waals surface area contributed by atoms with Crippen molar-refractivity contribution in [3.05, 3.63) is 70.8 Å². The van der Waals surface area contributed by atoms with Gasteiger partial charge >= 0.3 is 6.09 Å². The highest BCUT2D eigenvalue weighted by atomic mass is 16.6. The quantitative estimate of drug-likeness (QED) is 0.585. The van der Waals surface area contributed by atoms with Gasteiger partial charge < -0.3 is 14.7 Å². The zero-order valence-corrected chi connectivity index (χ0v) is 19.9. The Bertz CT molecular complexity index is 897. The lowest BCUT2D eigenvalue weighted by atomic mass is 9.68. The molecule has 2 heterocycles. The molecule has 2 aliphatic heterocycles. The first kappa shape index (κ1) is 22.8. The number of carbonyl (C=O) groups excluding carboxylic acids is 1. The van der Waals surface area contributed by atoms with Crippen LogP contribution in [0.1, 0.15) is 93.9 Å². The monoisotopic (exact) mass is 435 g/mol. The van der Waals surface area contributed by atoms with Gasteiger partial charge in [0, 0.05) is 24.9 Å². The molecule has 1 amide bonds. The summed E-state index contributed by atoms with van der Waals surface area (Å²) >= 11 is 0. The standard InChI is InChI=1S/C28H37NO3/c1-19(2)24-14-9-15-25(20(3)4)26(24)28(31)16-22-12-8-13-23(17-28)29(22)27(30)32-18-21-10-6-5-7-11-21/h5-7,9-11,14-15,19-20,22-23,31H,8,12-13,16-18H2,1-4H3. The van der Waals surface area contributed by atoms with Crippen LogP contribution in [0.15, 0.2) is 48.5 Å². The third-order valence-electron chi connectivity index (χ3n) is 7.26. The Morgan fingerprint density at radius 1 is 0.969 bits per heavy atom. The van der Waals surface area contributed by atoms with Gasteiger partial charge in [-0.3, -0.25) is 0 Å². The second-order valence-electron chi connectivity index (χ2n) is 10.2. The largest absolute Gasteiger partial charge is 0.445 e. The van der Waals surface area contributed by atoms with Crippen molar-refractivity contribution in [3.8, 4) is 0 Å². The molecule has 0 saturated carbocycles. The van der Waals surface area contributed by atoms with Crippen LogP contribution in [-0.2, 0) is 16.9 Å². The molecule has 2 aliphatic rings. The Hall–Kier alpha value is -2.33. The first-order valence-electron chi connectivity index (χ1n) is 12.1. The molecule has 32 heavy (non-hydrogen) atoms. The van der Waals surface area contributed by atoms with Crippen LogP contribution in [0.3, 0.4) is 0 Å². The summed E-state index contributed by atoms with van der Waals surface area (Å²) in [7, 11) is 0. The van der Waals surface area contributed by atoms with Gasteiger partial charge in [0.15, 0.2) is 0 Å². The minimum atomic E-state index is -0.910. The van der Waals surface area contributed by atoms with E-state index in [1.807, 2.05) is 35.2 Å². The summed E-state index contributed by atoms with van der Waals surface area (Å²) in [5.41, 5.74) is 3.66. The van der Waals surface area contributed by atoms with Crippen LogP contribution in [0, 0.1) is 0 Å². The Morgan fingerprint density at radius 2 is 1.53 bits per heavy atom. The summed E-state index contributed by atoms with van der Waals surface area (Å²) in [4.78, 5) is 15.0. The predicted molar refractivity (Wildman–Crippen MR) is 128 cm³/mol. The molecule has 2 unspecified atom stereocenters. The lowest BCUT2D eigenvalue weighted by molar-refractivity contribution is -0.0906. The van der Waals surface area contributed by atoms with Crippen molar-refractivity contribution in [2.45, 2.75) is 95.9 Å². The lowest BCUT2D eigenvalue weighted by Crippen LogP contribution is -2.59. The van der Waals surface area contributed by atoms with Crippen LogP contribution in [0.4, 0.5) is 4.79 Å². The van der Waals surface area contributed by atoms with E-state index in [-0.39, 0.29) is 24.8 Å². The number of fused-ring (bicyclic) bond motifs is 2. The highest BCUT2D eigenvalue weighted by Gasteiger charge is 2.50. The fourth-order valence-corrected chi connectivity index (χ4v) is 5.81. The van der Waals surface area contributed by atoms with Crippen LogP contribution >= 0.6 is 0 Å². The molecule has 4 heteroatoms. The number of benzene rings is 2. The maximum absolute atomic E-state index is 13.1. The molecule has 1 N–H and O–H groups in total. The van der Waals surface area contributed by atoms with E-state index >= 15 is 0 Å². The van der Waals surface area contributed by atoms with E-state index < -0.39 is 5.60 Å². The molecular weight excluding hydrogens is 398 g/mol. The van der Waals surface area contributed by atoms with E-state index in [0.29, 0.717) is 24.7 Å². The van der Waals surface area contributed by atoms with Crippen LogP contribution in [0.2, 0.25) is 0 Å². The zero-order valence-electron chi connectivity index (χ0n) is 19.9. The third-order valence-corrected chi connectivity index (χ3v) is 7.26. The summed E-state index contributed by atoms with van der Waals surface area (Å²) in [5.74, 6) is 0.669. The summed E-state index contributed by atoms with van der Waals surface area (Å²) in [5, 5.41) is 12.1. The fraction of sp³-hybridized carbons (Fsp3) is 0.536. The lowest BCUT2D eigenvalue weighted by Gasteiger charge is -2.52. The number of amides is 1. The van der Waals surface area contributed by atoms with Gasteiger partial charge in [-0.25, -0.2) is 4.79 Å². The average molecular weight is 436 g/mol. The van der Waals surface area contributed by atoms with Crippen molar-refractivity contribution in [2.24, 2.45) is 0 Å². The molecule has 4 rings (SSSR count). The molecule has 2 fully saturated rings. The molecule has 172 valence electrons. The smallest absolute Gasteiger partial charge is 0.410 e. The number of hydrogen-bond acceptors (Lipinski definition) is 3. The van der Waals surface area contributed by atoms with E-state index in [9.17, 15) is 9.90 Å². The number of nitrogens with zero attached hydrogens (tertiary/aromatic N) is 1. The fourth-order valence-electron chi connectivity index (χ4n) is 5.81. The molecule has 0 radical (unpaired) electrons. The maximum atomic E-state index is 13.1. The van der Waals surface area contributed by atoms with Crippen molar-refractivity contribution in [3.63, 3.8) is 0 Å². The zero-order chi connectivity index (χ0) is 22.9. The first-order chi connectivity index (χ1) is 15.3. The van der Waals surface area contributed by atoms with Crippen LogP contribution in [0.25, 0.3) is 0 Å². The number of aliphatic hydroxyl groups is 1. The van der Waals surface area contributed by atoms with Crippen molar-refractivity contribution in [1.82, 2.24) is 4.90 Å². The highest BCUT2D eigenvalue weighted by Crippen LogP contribution is 2.48. The molecule has 4 nitrogen and oxygen atoms in total. The van der Waals surface area contributed by atoms with Gasteiger partial charge in [-0.05, 0) is 53.4 Å². The molecule has 2 aromatic carbocycles. The average Bonchev–Trinajstić information content (AvgIpc) is 2.77. The summed E-state index contributed by atoms with van der Waals surface area (Å²) in [6, 6.07) is 16.3. The Balaban J connectivity index is 1.60. The molecule has 2 atom stereocenters.